The fourth-order valence-corrected chi connectivity index (χ4v) is 0.291. The average molecular weight is 123 g/mol. The third-order valence-corrected chi connectivity index (χ3v) is 1.06. The first-order chi connectivity index (χ1) is 3.55. The SMILES string of the molecule is CC(C)[C@@H](N)C(F)F. The van der Waals surface area contributed by atoms with Crippen molar-refractivity contribution in [2.75, 3.05) is 0 Å². The van der Waals surface area contributed by atoms with Crippen molar-refractivity contribution in [3.63, 3.8) is 0 Å². The Morgan fingerprint density at radius 1 is 1.25 bits per heavy atom. The van der Waals surface area contributed by atoms with Crippen LogP contribution in [0.25, 0.3) is 0 Å². The lowest BCUT2D eigenvalue weighted by atomic mass is 10.1. The van der Waals surface area contributed by atoms with Crippen LogP contribution in [-0.2, 0) is 0 Å². The number of rotatable bonds is 2. The molecule has 8 heavy (non-hydrogen) atoms. The molecule has 0 aliphatic heterocycles. The molecule has 1 atom stereocenters. The van der Waals surface area contributed by atoms with Crippen LogP contribution in [0.4, 0.5) is 8.78 Å². The molecular weight excluding hydrogens is 112 g/mol. The summed E-state index contributed by atoms with van der Waals surface area (Å²) in [6.45, 7) is 3.35. The number of hydrogen-bond acceptors (Lipinski definition) is 1. The van der Waals surface area contributed by atoms with Crippen molar-refractivity contribution in [1.29, 1.82) is 0 Å². The second kappa shape index (κ2) is 2.97. The Morgan fingerprint density at radius 2 is 1.62 bits per heavy atom. The molecule has 0 heterocycles. The average Bonchev–Trinajstić information content (AvgIpc) is 1.64. The molecule has 0 aliphatic rings. The van der Waals surface area contributed by atoms with Gasteiger partial charge in [0, 0.05) is 0 Å². The van der Waals surface area contributed by atoms with Gasteiger partial charge in [-0.15, -0.1) is 0 Å². The second-order valence-electron chi connectivity index (χ2n) is 2.16. The number of alkyl halides is 2. The Balaban J connectivity index is 3.46. The molecule has 0 saturated heterocycles. The van der Waals surface area contributed by atoms with E-state index < -0.39 is 12.5 Å². The molecule has 0 unspecified atom stereocenters. The van der Waals surface area contributed by atoms with E-state index in [1.54, 1.807) is 13.8 Å². The minimum Gasteiger partial charge on any atom is -0.323 e. The smallest absolute Gasteiger partial charge is 0.253 e. The molecule has 0 saturated carbocycles. The van der Waals surface area contributed by atoms with Gasteiger partial charge < -0.3 is 5.73 Å². The van der Waals surface area contributed by atoms with E-state index in [2.05, 4.69) is 0 Å². The maximum Gasteiger partial charge on any atom is 0.253 e. The van der Waals surface area contributed by atoms with Gasteiger partial charge >= 0.3 is 0 Å². The minimum absolute atomic E-state index is 0.130. The molecule has 0 bridgehead atoms. The molecule has 0 aromatic heterocycles. The lowest BCUT2D eigenvalue weighted by Crippen LogP contribution is -2.33. The summed E-state index contributed by atoms with van der Waals surface area (Å²) in [6.07, 6.45) is -2.38. The zero-order valence-corrected chi connectivity index (χ0v) is 5.07. The van der Waals surface area contributed by atoms with Crippen molar-refractivity contribution in [1.82, 2.24) is 0 Å². The van der Waals surface area contributed by atoms with E-state index >= 15 is 0 Å². The summed E-state index contributed by atoms with van der Waals surface area (Å²) < 4.78 is 23.1. The van der Waals surface area contributed by atoms with Crippen molar-refractivity contribution in [3.8, 4) is 0 Å². The molecule has 0 amide bonds. The summed E-state index contributed by atoms with van der Waals surface area (Å²) in [5.74, 6) is -0.130. The van der Waals surface area contributed by atoms with E-state index in [0.717, 1.165) is 0 Å². The standard InChI is InChI=1S/C5H11F2N/c1-3(2)4(8)5(6)7/h3-5H,8H2,1-2H3/t4-/m1/s1. The van der Waals surface area contributed by atoms with Crippen molar-refractivity contribution < 1.29 is 8.78 Å². The largest absolute Gasteiger partial charge is 0.323 e. The predicted molar refractivity (Wildman–Crippen MR) is 28.8 cm³/mol. The van der Waals surface area contributed by atoms with E-state index in [1.807, 2.05) is 0 Å². The van der Waals surface area contributed by atoms with Gasteiger partial charge in [-0.1, -0.05) is 13.8 Å². The van der Waals surface area contributed by atoms with Crippen LogP contribution in [0.5, 0.6) is 0 Å². The number of nitrogens with two attached hydrogens (primary N) is 1. The molecule has 3 heteroatoms. The molecule has 0 aromatic rings. The molecule has 50 valence electrons. The van der Waals surface area contributed by atoms with Crippen LogP contribution < -0.4 is 5.73 Å². The molecule has 1 nitrogen and oxygen atoms in total. The fourth-order valence-electron chi connectivity index (χ4n) is 0.291. The summed E-state index contributed by atoms with van der Waals surface area (Å²) in [4.78, 5) is 0. The summed E-state index contributed by atoms with van der Waals surface area (Å²) in [5, 5.41) is 0. The third-order valence-electron chi connectivity index (χ3n) is 1.06. The molecule has 0 rings (SSSR count). The molecule has 2 N–H and O–H groups in total. The topological polar surface area (TPSA) is 26.0 Å². The van der Waals surface area contributed by atoms with E-state index in [1.165, 1.54) is 0 Å². The van der Waals surface area contributed by atoms with Crippen LogP contribution >= 0.6 is 0 Å². The summed E-state index contributed by atoms with van der Waals surface area (Å²) in [6, 6.07) is -0.963. The quantitative estimate of drug-likeness (QED) is 0.587. The second-order valence-corrected chi connectivity index (χ2v) is 2.16. The number of hydrogen-bond donors (Lipinski definition) is 1. The van der Waals surface area contributed by atoms with Gasteiger partial charge in [-0.2, -0.15) is 0 Å². The summed E-state index contributed by atoms with van der Waals surface area (Å²) in [5.41, 5.74) is 5.01. The van der Waals surface area contributed by atoms with Crippen LogP contribution in [0.15, 0.2) is 0 Å². The first-order valence-electron chi connectivity index (χ1n) is 2.59. The van der Waals surface area contributed by atoms with E-state index in [-0.39, 0.29) is 5.92 Å². The lowest BCUT2D eigenvalue weighted by molar-refractivity contribution is 0.0962. The minimum atomic E-state index is -2.38. The lowest BCUT2D eigenvalue weighted by Gasteiger charge is -2.12. The zero-order valence-electron chi connectivity index (χ0n) is 5.07. The molecule has 0 aliphatic carbocycles. The van der Waals surface area contributed by atoms with Crippen molar-refractivity contribution in [2.24, 2.45) is 11.7 Å². The first-order valence-corrected chi connectivity index (χ1v) is 2.59. The maximum atomic E-state index is 11.6. The summed E-state index contributed by atoms with van der Waals surface area (Å²) >= 11 is 0. The Labute approximate surface area is 47.9 Å². The normalized spacial score (nSPS) is 15.4. The van der Waals surface area contributed by atoms with Gasteiger partial charge in [-0.05, 0) is 5.92 Å². The van der Waals surface area contributed by atoms with Gasteiger partial charge in [0.2, 0.25) is 0 Å². The van der Waals surface area contributed by atoms with E-state index in [9.17, 15) is 8.78 Å². The van der Waals surface area contributed by atoms with Gasteiger partial charge in [0.05, 0.1) is 6.04 Å². The highest BCUT2D eigenvalue weighted by Gasteiger charge is 2.17. The summed E-state index contributed by atoms with van der Waals surface area (Å²) in [7, 11) is 0. The zero-order chi connectivity index (χ0) is 6.73. The van der Waals surface area contributed by atoms with E-state index in [4.69, 9.17) is 5.73 Å². The Morgan fingerprint density at radius 3 is 1.62 bits per heavy atom. The molecule has 0 radical (unpaired) electrons. The van der Waals surface area contributed by atoms with Crippen molar-refractivity contribution in [3.05, 3.63) is 0 Å². The highest BCUT2D eigenvalue weighted by Crippen LogP contribution is 2.06. The van der Waals surface area contributed by atoms with Gasteiger partial charge in [0.25, 0.3) is 6.43 Å². The molecule has 0 spiro atoms. The number of halogens is 2. The molecule has 0 fully saturated rings. The maximum absolute atomic E-state index is 11.6. The van der Waals surface area contributed by atoms with Gasteiger partial charge in [0.15, 0.2) is 0 Å². The van der Waals surface area contributed by atoms with Crippen LogP contribution in [0, 0.1) is 5.92 Å². The fraction of sp³-hybridized carbons (Fsp3) is 1.00. The van der Waals surface area contributed by atoms with Gasteiger partial charge in [-0.3, -0.25) is 0 Å². The van der Waals surface area contributed by atoms with Crippen LogP contribution in [-0.4, -0.2) is 12.5 Å². The van der Waals surface area contributed by atoms with Gasteiger partial charge in [-0.25, -0.2) is 8.78 Å². The Kier molecular flexibility index (Phi) is 2.90. The van der Waals surface area contributed by atoms with Crippen molar-refractivity contribution >= 4 is 0 Å². The van der Waals surface area contributed by atoms with Crippen LogP contribution in [0.2, 0.25) is 0 Å². The van der Waals surface area contributed by atoms with E-state index in [0.29, 0.717) is 0 Å². The third kappa shape index (κ3) is 2.21. The Hall–Kier alpha value is -0.180. The van der Waals surface area contributed by atoms with Crippen LogP contribution in [0.1, 0.15) is 13.8 Å². The van der Waals surface area contributed by atoms with Crippen LogP contribution in [0.3, 0.4) is 0 Å². The van der Waals surface area contributed by atoms with Crippen molar-refractivity contribution in [2.45, 2.75) is 26.3 Å². The molecular formula is C5H11F2N. The molecule has 0 aromatic carbocycles. The van der Waals surface area contributed by atoms with Gasteiger partial charge in [0.1, 0.15) is 0 Å². The first kappa shape index (κ1) is 7.82. The highest BCUT2D eigenvalue weighted by molar-refractivity contribution is 4.66. The Bertz CT molecular complexity index is 55.4. The monoisotopic (exact) mass is 123 g/mol. The predicted octanol–water partition coefficient (Wildman–Crippen LogP) is 1.23. The highest BCUT2D eigenvalue weighted by atomic mass is 19.3.